The molecule has 8 nitrogen and oxygen atoms in total. The number of amides is 1. The van der Waals surface area contributed by atoms with Gasteiger partial charge in [-0.1, -0.05) is 18.2 Å². The summed E-state index contributed by atoms with van der Waals surface area (Å²) in [5.41, 5.74) is 2.32. The molecule has 1 amide bonds. The van der Waals surface area contributed by atoms with Gasteiger partial charge in [0.05, 0.1) is 11.1 Å². The zero-order valence-electron chi connectivity index (χ0n) is 20.8. The maximum Gasteiger partial charge on any atom is 0.410 e. The predicted octanol–water partition coefficient (Wildman–Crippen LogP) is 4.93. The minimum absolute atomic E-state index is 0.0862. The second kappa shape index (κ2) is 9.35. The van der Waals surface area contributed by atoms with Crippen molar-refractivity contribution in [2.24, 2.45) is 0 Å². The number of hydrogen-bond acceptors (Lipinski definition) is 6. The number of allylic oxidation sites excluding steroid dienone is 1. The van der Waals surface area contributed by atoms with Gasteiger partial charge in [-0.15, -0.1) is 0 Å². The van der Waals surface area contributed by atoms with E-state index < -0.39 is 5.60 Å². The fraction of sp³-hybridized carbons (Fsp3) is 0.357. The van der Waals surface area contributed by atoms with Gasteiger partial charge < -0.3 is 24.5 Å². The monoisotopic (exact) mass is 489 g/mol. The zero-order chi connectivity index (χ0) is 25.4. The van der Waals surface area contributed by atoms with Crippen LogP contribution in [-0.4, -0.2) is 63.5 Å². The van der Waals surface area contributed by atoms with Gasteiger partial charge in [0.2, 0.25) is 5.78 Å². The number of benzene rings is 2. The summed E-state index contributed by atoms with van der Waals surface area (Å²) < 4.78 is 11.6. The molecule has 3 aromatic rings. The van der Waals surface area contributed by atoms with Crippen LogP contribution >= 0.6 is 0 Å². The number of fused-ring (bicyclic) bond motifs is 2. The summed E-state index contributed by atoms with van der Waals surface area (Å²) in [5, 5.41) is 11.7. The molecule has 1 fully saturated rings. The molecule has 2 aliphatic rings. The fourth-order valence-electron chi connectivity index (χ4n) is 4.67. The van der Waals surface area contributed by atoms with Crippen LogP contribution in [0.1, 0.15) is 48.7 Å². The van der Waals surface area contributed by atoms with Crippen LogP contribution in [0.15, 0.2) is 48.4 Å². The van der Waals surface area contributed by atoms with Crippen molar-refractivity contribution in [1.29, 1.82) is 0 Å². The van der Waals surface area contributed by atoms with Crippen molar-refractivity contribution in [3.63, 3.8) is 0 Å². The fourth-order valence-corrected chi connectivity index (χ4v) is 4.67. The zero-order valence-corrected chi connectivity index (χ0v) is 20.8. The molecule has 0 bridgehead atoms. The van der Waals surface area contributed by atoms with Crippen LogP contribution in [-0.2, 0) is 11.3 Å². The Kier molecular flexibility index (Phi) is 6.22. The molecule has 8 heteroatoms. The number of H-pyrrole nitrogens is 1. The standard InChI is InChI=1S/C28H31N3O5/c1-28(2,3)36-27(34)31-12-6-11-30(13-14-31)17-21-23(32)10-9-20-25(33)24(35-26(20)21)15-18-16-29-22-8-5-4-7-19(18)22/h4-5,7-10,15-16,29,32H,6,11-14,17H2,1-3H3/b24-15-. The van der Waals surface area contributed by atoms with Crippen molar-refractivity contribution >= 4 is 28.9 Å². The smallest absolute Gasteiger partial charge is 0.410 e. The van der Waals surface area contributed by atoms with Gasteiger partial charge in [-0.3, -0.25) is 9.69 Å². The average Bonchev–Trinajstić information content (AvgIpc) is 3.27. The second-order valence-corrected chi connectivity index (χ2v) is 10.3. The van der Waals surface area contributed by atoms with Gasteiger partial charge in [-0.2, -0.15) is 0 Å². The maximum absolute atomic E-state index is 13.1. The van der Waals surface area contributed by atoms with Crippen LogP contribution in [0.3, 0.4) is 0 Å². The minimum Gasteiger partial charge on any atom is -0.507 e. The highest BCUT2D eigenvalue weighted by Crippen LogP contribution is 2.40. The van der Waals surface area contributed by atoms with Crippen LogP contribution in [0, 0.1) is 0 Å². The van der Waals surface area contributed by atoms with Gasteiger partial charge in [0.25, 0.3) is 0 Å². The normalized spacial score (nSPS) is 17.8. The highest BCUT2D eigenvalue weighted by atomic mass is 16.6. The number of para-hydroxylation sites is 1. The van der Waals surface area contributed by atoms with Crippen molar-refractivity contribution in [1.82, 2.24) is 14.8 Å². The van der Waals surface area contributed by atoms with E-state index in [9.17, 15) is 14.7 Å². The van der Waals surface area contributed by atoms with E-state index in [-0.39, 0.29) is 23.4 Å². The van der Waals surface area contributed by atoms with Crippen LogP contribution in [0.2, 0.25) is 0 Å². The number of hydrogen-bond donors (Lipinski definition) is 2. The van der Waals surface area contributed by atoms with Crippen molar-refractivity contribution in [2.75, 3.05) is 26.2 Å². The first kappa shape index (κ1) is 23.9. The van der Waals surface area contributed by atoms with Crippen LogP contribution < -0.4 is 4.74 Å². The maximum atomic E-state index is 13.1. The lowest BCUT2D eigenvalue weighted by atomic mass is 10.0. The number of phenolic OH excluding ortho intramolecular Hbond substituents is 1. The van der Waals surface area contributed by atoms with Gasteiger partial charge in [0.15, 0.2) is 5.76 Å². The molecule has 0 aliphatic carbocycles. The van der Waals surface area contributed by atoms with Gasteiger partial charge in [0.1, 0.15) is 17.1 Å². The molecule has 188 valence electrons. The van der Waals surface area contributed by atoms with E-state index in [1.165, 1.54) is 0 Å². The number of aromatic nitrogens is 1. The van der Waals surface area contributed by atoms with Crippen molar-refractivity contribution in [3.05, 3.63) is 65.0 Å². The van der Waals surface area contributed by atoms with E-state index in [0.717, 1.165) is 29.4 Å². The molecule has 1 aromatic heterocycles. The highest BCUT2D eigenvalue weighted by Gasteiger charge is 2.32. The van der Waals surface area contributed by atoms with E-state index in [4.69, 9.17) is 9.47 Å². The first-order valence-corrected chi connectivity index (χ1v) is 12.2. The summed E-state index contributed by atoms with van der Waals surface area (Å²) >= 11 is 0. The average molecular weight is 490 g/mol. The Morgan fingerprint density at radius 1 is 1.14 bits per heavy atom. The topological polar surface area (TPSA) is 95.1 Å². The Bertz CT molecular complexity index is 1350. The van der Waals surface area contributed by atoms with Crippen molar-refractivity contribution < 1.29 is 24.2 Å². The lowest BCUT2D eigenvalue weighted by Gasteiger charge is -2.26. The predicted molar refractivity (Wildman–Crippen MR) is 137 cm³/mol. The second-order valence-electron chi connectivity index (χ2n) is 10.3. The third-order valence-electron chi connectivity index (χ3n) is 6.45. The Morgan fingerprint density at radius 2 is 1.94 bits per heavy atom. The summed E-state index contributed by atoms with van der Waals surface area (Å²) in [6, 6.07) is 11.0. The number of nitrogens with one attached hydrogen (secondary N) is 1. The number of carbonyl (C=O) groups is 2. The van der Waals surface area contributed by atoms with Crippen molar-refractivity contribution in [3.8, 4) is 11.5 Å². The molecule has 2 aromatic carbocycles. The molecule has 0 spiro atoms. The van der Waals surface area contributed by atoms with Gasteiger partial charge in [-0.05, 0) is 51.5 Å². The van der Waals surface area contributed by atoms with Gasteiger partial charge in [-0.25, -0.2) is 4.79 Å². The Labute approximate surface area is 210 Å². The number of aromatic hydroxyl groups is 1. The molecular formula is C28H31N3O5. The Hall–Kier alpha value is -3.78. The first-order valence-electron chi connectivity index (χ1n) is 12.2. The van der Waals surface area contributed by atoms with E-state index in [1.807, 2.05) is 51.2 Å². The highest BCUT2D eigenvalue weighted by molar-refractivity contribution is 6.15. The molecule has 0 radical (unpaired) electrons. The number of ether oxygens (including phenoxy) is 2. The summed E-state index contributed by atoms with van der Waals surface area (Å²) in [7, 11) is 0. The Morgan fingerprint density at radius 3 is 2.75 bits per heavy atom. The van der Waals surface area contributed by atoms with Crippen LogP contribution in [0.5, 0.6) is 11.5 Å². The number of phenols is 1. The number of ketones is 1. The molecule has 3 heterocycles. The summed E-state index contributed by atoms with van der Waals surface area (Å²) in [6.45, 7) is 8.48. The third kappa shape index (κ3) is 4.81. The van der Waals surface area contributed by atoms with Crippen molar-refractivity contribution in [2.45, 2.75) is 39.3 Å². The van der Waals surface area contributed by atoms with Crippen LogP contribution in [0.25, 0.3) is 17.0 Å². The minimum atomic E-state index is -0.540. The molecule has 0 atom stereocenters. The molecule has 5 rings (SSSR count). The van der Waals surface area contributed by atoms with E-state index in [1.54, 1.807) is 23.1 Å². The number of Topliss-reactive ketones (excluding diaryl/α,β-unsaturated/α-hetero) is 1. The molecule has 0 unspecified atom stereocenters. The largest absolute Gasteiger partial charge is 0.507 e. The number of rotatable bonds is 3. The lowest BCUT2D eigenvalue weighted by molar-refractivity contribution is 0.0257. The molecular weight excluding hydrogens is 458 g/mol. The number of aromatic amines is 1. The molecule has 0 saturated carbocycles. The first-order chi connectivity index (χ1) is 17.2. The SMILES string of the molecule is CC(C)(C)OC(=O)N1CCCN(Cc2c(O)ccc3c2O/C(=C\c2c[nH]c4ccccc24)C3=O)CC1. The Balaban J connectivity index is 1.34. The molecule has 36 heavy (non-hydrogen) atoms. The molecule has 1 saturated heterocycles. The summed E-state index contributed by atoms with van der Waals surface area (Å²) in [4.78, 5) is 32.7. The summed E-state index contributed by atoms with van der Waals surface area (Å²) in [5.74, 6) is 0.513. The number of carbonyl (C=O) groups excluding carboxylic acids is 2. The lowest BCUT2D eigenvalue weighted by Crippen LogP contribution is -2.39. The van der Waals surface area contributed by atoms with Gasteiger partial charge in [0, 0.05) is 55.4 Å². The third-order valence-corrected chi connectivity index (χ3v) is 6.45. The molecule has 2 N–H and O–H groups in total. The van der Waals surface area contributed by atoms with Crippen LogP contribution in [0.4, 0.5) is 4.79 Å². The van der Waals surface area contributed by atoms with Gasteiger partial charge >= 0.3 is 6.09 Å². The van der Waals surface area contributed by atoms with E-state index in [2.05, 4.69) is 9.88 Å². The quantitative estimate of drug-likeness (QED) is 0.507. The van der Waals surface area contributed by atoms with E-state index >= 15 is 0 Å². The summed E-state index contributed by atoms with van der Waals surface area (Å²) in [6.07, 6.45) is 4.06. The van der Waals surface area contributed by atoms with E-state index in [0.29, 0.717) is 43.1 Å². The molecule has 2 aliphatic heterocycles. The number of nitrogens with zero attached hydrogens (tertiary/aromatic N) is 2.